The Kier molecular flexibility index (Phi) is 4.16. The first-order valence-corrected chi connectivity index (χ1v) is 9.33. The molecule has 6 heteroatoms. The molecule has 2 heterocycles. The van der Waals surface area contributed by atoms with Crippen LogP contribution in [-0.4, -0.2) is 21.6 Å². The first-order chi connectivity index (χ1) is 10.4. The molecular weight excluding hydrogens is 314 g/mol. The van der Waals surface area contributed by atoms with Gasteiger partial charge in [-0.3, -0.25) is 4.79 Å². The van der Waals surface area contributed by atoms with Crippen molar-refractivity contribution >= 4 is 39.2 Å². The van der Waals surface area contributed by atoms with Crippen LogP contribution in [0.5, 0.6) is 0 Å². The van der Waals surface area contributed by atoms with E-state index < -0.39 is 0 Å². The monoisotopic (exact) mass is 335 g/mol. The lowest BCUT2D eigenvalue weighted by Gasteiger charge is -2.33. The van der Waals surface area contributed by atoms with Gasteiger partial charge in [-0.25, -0.2) is 9.97 Å². The summed E-state index contributed by atoms with van der Waals surface area (Å²) < 4.78 is 0. The van der Waals surface area contributed by atoms with Crippen molar-refractivity contribution in [2.24, 2.45) is 17.1 Å². The average molecular weight is 335 g/mol. The molecule has 22 heavy (non-hydrogen) atoms. The summed E-state index contributed by atoms with van der Waals surface area (Å²) in [5.74, 6) is 0.665. The van der Waals surface area contributed by atoms with Crippen LogP contribution in [0.4, 0.5) is 0 Å². The fourth-order valence-corrected chi connectivity index (χ4v) is 5.17. The number of hydrogen-bond donors (Lipinski definition) is 1. The molecule has 118 valence electrons. The number of amides is 1. The van der Waals surface area contributed by atoms with E-state index in [0.717, 1.165) is 28.1 Å². The highest BCUT2D eigenvalue weighted by atomic mass is 32.2. The van der Waals surface area contributed by atoms with E-state index in [1.54, 1.807) is 17.7 Å². The number of hydrogen-bond acceptors (Lipinski definition) is 5. The Bertz CT molecular complexity index is 718. The van der Waals surface area contributed by atoms with Gasteiger partial charge in [-0.2, -0.15) is 0 Å². The fourth-order valence-electron chi connectivity index (χ4n) is 3.07. The van der Waals surface area contributed by atoms with E-state index in [1.165, 1.54) is 28.6 Å². The van der Waals surface area contributed by atoms with E-state index in [-0.39, 0.29) is 11.7 Å². The summed E-state index contributed by atoms with van der Waals surface area (Å²) in [4.78, 5) is 22.4. The number of thiophene rings is 1. The maximum absolute atomic E-state index is 11.0. The number of primary amides is 1. The standard InChI is InChI=1S/C16H21N3OS2/c1-16(2,3)9-4-5-10-11(6-9)22-15-13(10)14(18-8-19-15)21-7-12(17)20/h8-9H,4-7H2,1-3H3,(H2,17,20). The number of aromatic nitrogens is 2. The van der Waals surface area contributed by atoms with Gasteiger partial charge in [0.2, 0.25) is 5.91 Å². The number of carbonyl (C=O) groups is 1. The number of aryl methyl sites for hydroxylation is 1. The molecule has 2 aromatic rings. The van der Waals surface area contributed by atoms with Crippen molar-refractivity contribution in [2.45, 2.75) is 45.1 Å². The van der Waals surface area contributed by atoms with Gasteiger partial charge in [0.25, 0.3) is 0 Å². The summed E-state index contributed by atoms with van der Waals surface area (Å²) in [6.07, 6.45) is 5.00. The molecule has 0 fully saturated rings. The quantitative estimate of drug-likeness (QED) is 0.689. The van der Waals surface area contributed by atoms with Crippen LogP contribution in [0.3, 0.4) is 0 Å². The Morgan fingerprint density at radius 3 is 2.91 bits per heavy atom. The predicted molar refractivity (Wildman–Crippen MR) is 92.3 cm³/mol. The molecule has 1 aliphatic rings. The van der Waals surface area contributed by atoms with Crippen LogP contribution in [0.15, 0.2) is 11.4 Å². The zero-order valence-electron chi connectivity index (χ0n) is 13.2. The summed E-state index contributed by atoms with van der Waals surface area (Å²) in [6.45, 7) is 6.97. The maximum Gasteiger partial charge on any atom is 0.227 e. The molecule has 0 bridgehead atoms. The van der Waals surface area contributed by atoms with Crippen molar-refractivity contribution in [3.63, 3.8) is 0 Å². The van der Waals surface area contributed by atoms with Gasteiger partial charge in [-0.1, -0.05) is 32.5 Å². The number of nitrogens with zero attached hydrogens (tertiary/aromatic N) is 2. The van der Waals surface area contributed by atoms with E-state index in [2.05, 4.69) is 30.7 Å². The minimum atomic E-state index is -0.311. The Labute approximate surface area is 138 Å². The van der Waals surface area contributed by atoms with Gasteiger partial charge in [-0.05, 0) is 36.2 Å². The molecule has 0 aliphatic heterocycles. The van der Waals surface area contributed by atoms with Crippen LogP contribution >= 0.6 is 23.1 Å². The van der Waals surface area contributed by atoms with E-state index >= 15 is 0 Å². The minimum Gasteiger partial charge on any atom is -0.369 e. The molecule has 0 saturated carbocycles. The zero-order chi connectivity index (χ0) is 15.9. The minimum absolute atomic E-state index is 0.265. The van der Waals surface area contributed by atoms with Crippen molar-refractivity contribution in [3.05, 3.63) is 16.8 Å². The summed E-state index contributed by atoms with van der Waals surface area (Å²) in [5, 5.41) is 2.05. The lowest BCUT2D eigenvalue weighted by Crippen LogP contribution is -2.26. The van der Waals surface area contributed by atoms with E-state index in [4.69, 9.17) is 5.73 Å². The smallest absolute Gasteiger partial charge is 0.227 e. The fraction of sp³-hybridized carbons (Fsp3) is 0.562. The Balaban J connectivity index is 1.99. The number of rotatable bonds is 3. The van der Waals surface area contributed by atoms with E-state index in [1.807, 2.05) is 0 Å². The average Bonchev–Trinajstić information content (AvgIpc) is 2.82. The molecule has 2 N–H and O–H groups in total. The number of thioether (sulfide) groups is 1. The molecule has 1 amide bonds. The predicted octanol–water partition coefficient (Wildman–Crippen LogP) is 3.42. The second-order valence-electron chi connectivity index (χ2n) is 6.92. The van der Waals surface area contributed by atoms with Crippen LogP contribution in [0.25, 0.3) is 10.2 Å². The van der Waals surface area contributed by atoms with Crippen molar-refractivity contribution in [3.8, 4) is 0 Å². The summed E-state index contributed by atoms with van der Waals surface area (Å²) in [7, 11) is 0. The first kappa shape index (κ1) is 15.7. The van der Waals surface area contributed by atoms with Crippen molar-refractivity contribution in [1.29, 1.82) is 0 Å². The van der Waals surface area contributed by atoms with Gasteiger partial charge in [0.15, 0.2) is 0 Å². The molecular formula is C16H21N3OS2. The zero-order valence-corrected chi connectivity index (χ0v) is 14.8. The Morgan fingerprint density at radius 1 is 1.45 bits per heavy atom. The normalized spacial score (nSPS) is 18.4. The van der Waals surface area contributed by atoms with E-state index in [9.17, 15) is 4.79 Å². The second-order valence-corrected chi connectivity index (χ2v) is 8.97. The topological polar surface area (TPSA) is 68.9 Å². The molecule has 0 spiro atoms. The Morgan fingerprint density at radius 2 is 2.23 bits per heavy atom. The molecule has 0 radical (unpaired) electrons. The molecule has 1 aliphatic carbocycles. The van der Waals surface area contributed by atoms with Crippen molar-refractivity contribution in [2.75, 3.05) is 5.75 Å². The lowest BCUT2D eigenvalue weighted by atomic mass is 9.72. The second kappa shape index (κ2) is 5.81. The van der Waals surface area contributed by atoms with Crippen LogP contribution in [-0.2, 0) is 17.6 Å². The third-order valence-electron chi connectivity index (χ3n) is 4.39. The third kappa shape index (κ3) is 2.99. The molecule has 1 unspecified atom stereocenters. The Hall–Kier alpha value is -1.14. The number of nitrogens with two attached hydrogens (primary N) is 1. The number of fused-ring (bicyclic) bond motifs is 3. The van der Waals surface area contributed by atoms with Crippen molar-refractivity contribution in [1.82, 2.24) is 9.97 Å². The van der Waals surface area contributed by atoms with E-state index in [0.29, 0.717) is 11.3 Å². The first-order valence-electron chi connectivity index (χ1n) is 7.52. The summed E-state index contributed by atoms with van der Waals surface area (Å²) >= 11 is 3.21. The summed E-state index contributed by atoms with van der Waals surface area (Å²) in [6, 6.07) is 0. The van der Waals surface area contributed by atoms with Gasteiger partial charge in [0.05, 0.1) is 5.75 Å². The highest BCUT2D eigenvalue weighted by molar-refractivity contribution is 8.00. The van der Waals surface area contributed by atoms with Crippen LogP contribution in [0.1, 0.15) is 37.6 Å². The van der Waals surface area contributed by atoms with Gasteiger partial charge in [0.1, 0.15) is 16.2 Å². The van der Waals surface area contributed by atoms with Gasteiger partial charge in [0, 0.05) is 10.3 Å². The number of carbonyl (C=O) groups excluding carboxylic acids is 1. The highest BCUT2D eigenvalue weighted by Crippen LogP contribution is 2.44. The molecule has 2 aromatic heterocycles. The molecule has 4 nitrogen and oxygen atoms in total. The van der Waals surface area contributed by atoms with Crippen LogP contribution in [0, 0.1) is 11.3 Å². The molecule has 3 rings (SSSR count). The molecule has 0 aromatic carbocycles. The summed E-state index contributed by atoms with van der Waals surface area (Å²) in [5.41, 5.74) is 7.00. The third-order valence-corrected chi connectivity index (χ3v) is 6.56. The van der Waals surface area contributed by atoms with Gasteiger partial charge in [-0.15, -0.1) is 11.3 Å². The SMILES string of the molecule is CC(C)(C)C1CCc2c(sc3ncnc(SCC(N)=O)c23)C1. The maximum atomic E-state index is 11.0. The van der Waals surface area contributed by atoms with Gasteiger partial charge < -0.3 is 5.73 Å². The van der Waals surface area contributed by atoms with Crippen molar-refractivity contribution < 1.29 is 4.79 Å². The lowest BCUT2D eigenvalue weighted by molar-refractivity contribution is -0.115. The molecule has 1 atom stereocenters. The largest absolute Gasteiger partial charge is 0.369 e. The van der Waals surface area contributed by atoms with Gasteiger partial charge >= 0.3 is 0 Å². The molecule has 0 saturated heterocycles. The highest BCUT2D eigenvalue weighted by Gasteiger charge is 2.31. The van der Waals surface area contributed by atoms with Crippen LogP contribution in [0.2, 0.25) is 0 Å². The van der Waals surface area contributed by atoms with Crippen LogP contribution < -0.4 is 5.73 Å².